The van der Waals surface area contributed by atoms with Crippen LogP contribution in [0.5, 0.6) is 0 Å². The van der Waals surface area contributed by atoms with Crippen LogP contribution in [0, 0.1) is 23.2 Å². The summed E-state index contributed by atoms with van der Waals surface area (Å²) in [5, 5.41) is 32.8. The van der Waals surface area contributed by atoms with Crippen LogP contribution < -0.4 is 10.2 Å². The molecule has 0 unspecified atom stereocenters. The number of nitriles is 1. The minimum atomic E-state index is -1.85. The highest BCUT2D eigenvalue weighted by Gasteiger charge is 2.31. The van der Waals surface area contributed by atoms with Crippen molar-refractivity contribution in [3.05, 3.63) is 111 Å². The van der Waals surface area contributed by atoms with Gasteiger partial charge in [-0.15, -0.1) is 0 Å². The SMILES string of the molecule is CC(C)C=C(C#N)C(=O)N(C)c1cccc(C[C@H](CC(=O)c2cc(Cl)ccc2Cl)C(=O)N[C@@H](Cc2ccccc2)B(O)O)c1. The van der Waals surface area contributed by atoms with Gasteiger partial charge in [-0.25, -0.2) is 0 Å². The number of allylic oxidation sites excluding steroid dienone is 1. The van der Waals surface area contributed by atoms with E-state index in [0.29, 0.717) is 16.3 Å². The molecule has 2 atom stereocenters. The van der Waals surface area contributed by atoms with E-state index in [1.807, 2.05) is 26.0 Å². The largest absolute Gasteiger partial charge is 0.475 e. The van der Waals surface area contributed by atoms with Crippen LogP contribution >= 0.6 is 23.2 Å². The predicted molar refractivity (Wildman–Crippen MR) is 173 cm³/mol. The molecule has 3 aromatic carbocycles. The van der Waals surface area contributed by atoms with Crippen LogP contribution in [0.3, 0.4) is 0 Å². The summed E-state index contributed by atoms with van der Waals surface area (Å²) in [7, 11) is -0.298. The fourth-order valence-corrected chi connectivity index (χ4v) is 5.06. The first kappa shape index (κ1) is 34.6. The molecule has 0 spiro atoms. The number of carbonyl (C=O) groups is 3. The first-order chi connectivity index (χ1) is 20.9. The van der Waals surface area contributed by atoms with Crippen LogP contribution in [-0.2, 0) is 22.4 Å². The van der Waals surface area contributed by atoms with Crippen molar-refractivity contribution in [1.29, 1.82) is 5.26 Å². The first-order valence-electron chi connectivity index (χ1n) is 14.1. The Balaban J connectivity index is 1.91. The molecule has 3 N–H and O–H groups in total. The Morgan fingerprint density at radius 2 is 1.66 bits per heavy atom. The van der Waals surface area contributed by atoms with E-state index in [-0.39, 0.29) is 41.3 Å². The van der Waals surface area contributed by atoms with Crippen LogP contribution in [0.2, 0.25) is 10.0 Å². The van der Waals surface area contributed by atoms with Gasteiger partial charge in [-0.3, -0.25) is 14.4 Å². The monoisotopic (exact) mass is 633 g/mol. The lowest BCUT2D eigenvalue weighted by Crippen LogP contribution is -2.50. The fourth-order valence-electron chi connectivity index (χ4n) is 4.67. The molecule has 44 heavy (non-hydrogen) atoms. The third-order valence-corrected chi connectivity index (χ3v) is 7.52. The lowest BCUT2D eigenvalue weighted by molar-refractivity contribution is -0.125. The third-order valence-electron chi connectivity index (χ3n) is 6.95. The fraction of sp³-hybridized carbons (Fsp3) is 0.273. The maximum absolute atomic E-state index is 13.7. The summed E-state index contributed by atoms with van der Waals surface area (Å²) in [5.41, 5.74) is 2.10. The summed E-state index contributed by atoms with van der Waals surface area (Å²) in [6, 6.07) is 22.4. The molecule has 8 nitrogen and oxygen atoms in total. The zero-order valence-electron chi connectivity index (χ0n) is 24.7. The molecule has 3 aromatic rings. The predicted octanol–water partition coefficient (Wildman–Crippen LogP) is 5.23. The Hall–Kier alpha value is -3.94. The summed E-state index contributed by atoms with van der Waals surface area (Å²) in [5.74, 6) is -3.43. The van der Waals surface area contributed by atoms with Gasteiger partial charge in [-0.1, -0.05) is 85.6 Å². The van der Waals surface area contributed by atoms with E-state index < -0.39 is 36.6 Å². The molecule has 0 aromatic heterocycles. The van der Waals surface area contributed by atoms with Crippen molar-refractivity contribution >= 4 is 53.6 Å². The van der Waals surface area contributed by atoms with Crippen molar-refractivity contribution < 1.29 is 24.4 Å². The molecule has 0 aliphatic heterocycles. The number of hydrogen-bond donors (Lipinski definition) is 3. The molecule has 0 aliphatic carbocycles. The summed E-state index contributed by atoms with van der Waals surface area (Å²) in [6.45, 7) is 3.74. The maximum Gasteiger partial charge on any atom is 0.475 e. The number of halogens is 2. The number of Topliss-reactive ketones (excluding diaryl/α,β-unsaturated/α-hetero) is 1. The van der Waals surface area contributed by atoms with Gasteiger partial charge in [0.25, 0.3) is 5.91 Å². The summed E-state index contributed by atoms with van der Waals surface area (Å²) in [6.07, 6.45) is 1.58. The zero-order chi connectivity index (χ0) is 32.4. The normalized spacial score (nSPS) is 12.7. The van der Waals surface area contributed by atoms with E-state index >= 15 is 0 Å². The molecular formula is C33H34BCl2N3O5. The van der Waals surface area contributed by atoms with E-state index in [4.69, 9.17) is 23.2 Å². The molecule has 0 saturated carbocycles. The minimum Gasteiger partial charge on any atom is -0.426 e. The Morgan fingerprint density at radius 3 is 2.30 bits per heavy atom. The van der Waals surface area contributed by atoms with E-state index in [9.17, 15) is 29.7 Å². The van der Waals surface area contributed by atoms with Gasteiger partial charge in [-0.2, -0.15) is 5.26 Å². The van der Waals surface area contributed by atoms with Crippen molar-refractivity contribution in [3.63, 3.8) is 0 Å². The Morgan fingerprint density at radius 1 is 0.977 bits per heavy atom. The van der Waals surface area contributed by atoms with Gasteiger partial charge in [0.2, 0.25) is 5.91 Å². The van der Waals surface area contributed by atoms with Gasteiger partial charge in [0.05, 0.1) is 11.0 Å². The quantitative estimate of drug-likeness (QED) is 0.102. The highest BCUT2D eigenvalue weighted by atomic mass is 35.5. The number of ketones is 1. The van der Waals surface area contributed by atoms with Crippen LogP contribution in [0.15, 0.2) is 84.4 Å². The molecule has 0 bridgehead atoms. The maximum atomic E-state index is 13.7. The third kappa shape index (κ3) is 9.80. The minimum absolute atomic E-state index is 0.00120. The number of hydrogen-bond acceptors (Lipinski definition) is 6. The smallest absolute Gasteiger partial charge is 0.426 e. The van der Waals surface area contributed by atoms with Gasteiger partial charge in [0.1, 0.15) is 11.6 Å². The van der Waals surface area contributed by atoms with Crippen molar-refractivity contribution in [3.8, 4) is 6.07 Å². The molecular weight excluding hydrogens is 600 g/mol. The second kappa shape index (κ2) is 16.2. The number of carbonyl (C=O) groups excluding carboxylic acids is 3. The van der Waals surface area contributed by atoms with Gasteiger partial charge in [0.15, 0.2) is 5.78 Å². The van der Waals surface area contributed by atoms with E-state index in [0.717, 1.165) is 5.56 Å². The second-order valence-corrected chi connectivity index (χ2v) is 11.7. The standard InChI is InChI=1S/C33H34BCl2N3O5/c1-21(2)14-25(20-37)33(42)39(3)27-11-7-10-23(16-27)15-24(18-30(40)28-19-26(35)12-13-29(28)36)32(41)38-31(34(43)44)17-22-8-5-4-6-9-22/h4-14,16,19,21,24,31,43-44H,15,17-18H2,1-3H3,(H,38,41)/t24-,31+/m1/s1. The molecule has 0 heterocycles. The van der Waals surface area contributed by atoms with Gasteiger partial charge >= 0.3 is 7.12 Å². The van der Waals surface area contributed by atoms with Gasteiger partial charge in [0, 0.05) is 35.7 Å². The Bertz CT molecular complexity index is 1560. The van der Waals surface area contributed by atoms with Crippen molar-refractivity contribution in [1.82, 2.24) is 5.32 Å². The van der Waals surface area contributed by atoms with Gasteiger partial charge < -0.3 is 20.3 Å². The van der Waals surface area contributed by atoms with E-state index in [2.05, 4.69) is 5.32 Å². The number of likely N-dealkylation sites (N-methyl/N-ethyl adjacent to an activating group) is 1. The number of anilines is 1. The highest BCUT2D eigenvalue weighted by Crippen LogP contribution is 2.26. The van der Waals surface area contributed by atoms with Gasteiger partial charge in [-0.05, 0) is 60.2 Å². The molecule has 0 saturated heterocycles. The van der Waals surface area contributed by atoms with Crippen LogP contribution in [0.25, 0.3) is 0 Å². The highest BCUT2D eigenvalue weighted by molar-refractivity contribution is 6.43. The summed E-state index contributed by atoms with van der Waals surface area (Å²) >= 11 is 12.4. The number of benzene rings is 3. The molecule has 11 heteroatoms. The van der Waals surface area contributed by atoms with Crippen molar-refractivity contribution in [2.45, 2.75) is 39.1 Å². The average Bonchev–Trinajstić information content (AvgIpc) is 3.00. The van der Waals surface area contributed by atoms with E-state index in [1.54, 1.807) is 67.7 Å². The molecule has 0 fully saturated rings. The number of amides is 2. The van der Waals surface area contributed by atoms with Crippen molar-refractivity contribution in [2.24, 2.45) is 11.8 Å². The number of nitrogens with one attached hydrogen (secondary N) is 1. The van der Waals surface area contributed by atoms with Crippen LogP contribution in [0.1, 0.15) is 41.8 Å². The van der Waals surface area contributed by atoms with Crippen LogP contribution in [0.4, 0.5) is 5.69 Å². The molecule has 228 valence electrons. The van der Waals surface area contributed by atoms with Crippen molar-refractivity contribution in [2.75, 3.05) is 11.9 Å². The molecule has 2 amide bonds. The Labute approximate surface area is 268 Å². The molecule has 0 radical (unpaired) electrons. The first-order valence-corrected chi connectivity index (χ1v) is 14.8. The van der Waals surface area contributed by atoms with Crippen LogP contribution in [-0.4, -0.2) is 47.8 Å². The number of nitrogens with zero attached hydrogens (tertiary/aromatic N) is 2. The summed E-state index contributed by atoms with van der Waals surface area (Å²) < 4.78 is 0. The lowest BCUT2D eigenvalue weighted by Gasteiger charge is -2.23. The number of rotatable bonds is 13. The zero-order valence-corrected chi connectivity index (χ0v) is 26.2. The van der Waals surface area contributed by atoms with E-state index in [1.165, 1.54) is 17.0 Å². The Kier molecular flexibility index (Phi) is 12.7. The summed E-state index contributed by atoms with van der Waals surface area (Å²) in [4.78, 5) is 41.4. The second-order valence-electron chi connectivity index (χ2n) is 10.8. The molecule has 3 rings (SSSR count). The topological polar surface area (TPSA) is 131 Å². The lowest BCUT2D eigenvalue weighted by atomic mass is 9.75. The molecule has 0 aliphatic rings. The average molecular weight is 634 g/mol.